The van der Waals surface area contributed by atoms with E-state index < -0.39 is 47.8 Å². The average molecular weight is 419 g/mol. The van der Waals surface area contributed by atoms with Crippen LogP contribution in [0.3, 0.4) is 0 Å². The van der Waals surface area contributed by atoms with Crippen LogP contribution in [0, 0.1) is 18.7 Å². The number of amides is 4. The number of hydrogen-bond acceptors (Lipinski definition) is 5. The predicted molar refractivity (Wildman–Crippen MR) is 106 cm³/mol. The third-order valence-electron chi connectivity index (χ3n) is 5.91. The Morgan fingerprint density at radius 1 is 1.37 bits per heavy atom. The summed E-state index contributed by atoms with van der Waals surface area (Å²) in [6, 6.07) is 3.59. The molecule has 1 saturated heterocycles. The van der Waals surface area contributed by atoms with Crippen molar-refractivity contribution in [2.75, 3.05) is 11.9 Å². The Balaban J connectivity index is 1.58. The fraction of sp³-hybridized carbons (Fsp3) is 0.524. The van der Waals surface area contributed by atoms with Crippen LogP contribution >= 0.6 is 0 Å². The Morgan fingerprint density at radius 2 is 2.10 bits per heavy atom. The number of urea groups is 1. The van der Waals surface area contributed by atoms with Crippen LogP contribution in [0.25, 0.3) is 0 Å². The van der Waals surface area contributed by atoms with Gasteiger partial charge in [-0.25, -0.2) is 9.18 Å². The van der Waals surface area contributed by atoms with E-state index in [-0.39, 0.29) is 11.6 Å². The molecule has 3 atom stereocenters. The number of anilines is 1. The van der Waals surface area contributed by atoms with Gasteiger partial charge in [0, 0.05) is 5.69 Å². The topological polar surface area (TPSA) is 105 Å². The van der Waals surface area contributed by atoms with Gasteiger partial charge in [0.15, 0.2) is 6.10 Å². The summed E-state index contributed by atoms with van der Waals surface area (Å²) in [5.74, 6) is -2.45. The lowest BCUT2D eigenvalue weighted by Gasteiger charge is -2.36. The molecular formula is C21H26FN3O5. The van der Waals surface area contributed by atoms with Crippen LogP contribution in [0.2, 0.25) is 0 Å². The fourth-order valence-corrected chi connectivity index (χ4v) is 3.97. The van der Waals surface area contributed by atoms with Crippen LogP contribution in [-0.2, 0) is 19.1 Å². The van der Waals surface area contributed by atoms with E-state index in [0.717, 1.165) is 24.2 Å². The lowest BCUT2D eigenvalue weighted by Crippen LogP contribution is -2.54. The molecule has 0 aromatic heterocycles. The number of halogens is 1. The number of nitrogens with one attached hydrogen (secondary N) is 2. The maximum atomic E-state index is 13.6. The van der Waals surface area contributed by atoms with Crippen LogP contribution in [0.15, 0.2) is 18.2 Å². The first kappa shape index (κ1) is 21.7. The minimum atomic E-state index is -1.19. The van der Waals surface area contributed by atoms with Crippen LogP contribution in [0.1, 0.15) is 45.1 Å². The van der Waals surface area contributed by atoms with Crippen molar-refractivity contribution in [3.05, 3.63) is 29.6 Å². The number of benzene rings is 1. The molecule has 30 heavy (non-hydrogen) atoms. The predicted octanol–water partition coefficient (Wildman–Crippen LogP) is 2.51. The molecular weight excluding hydrogens is 393 g/mol. The van der Waals surface area contributed by atoms with E-state index in [1.165, 1.54) is 25.1 Å². The fourth-order valence-electron chi connectivity index (χ4n) is 3.97. The van der Waals surface area contributed by atoms with E-state index in [1.54, 1.807) is 6.92 Å². The normalized spacial score (nSPS) is 24.5. The highest BCUT2D eigenvalue weighted by Crippen LogP contribution is 2.38. The number of rotatable bonds is 5. The highest BCUT2D eigenvalue weighted by molar-refractivity contribution is 6.09. The summed E-state index contributed by atoms with van der Waals surface area (Å²) >= 11 is 0. The molecule has 1 aromatic rings. The molecule has 0 unspecified atom stereocenters. The molecule has 2 N–H and O–H groups in total. The van der Waals surface area contributed by atoms with Crippen LogP contribution in [0.5, 0.6) is 0 Å². The number of esters is 1. The van der Waals surface area contributed by atoms with Gasteiger partial charge in [0.25, 0.3) is 11.8 Å². The first-order valence-electron chi connectivity index (χ1n) is 10.0. The zero-order chi connectivity index (χ0) is 22.1. The van der Waals surface area contributed by atoms with E-state index in [2.05, 4.69) is 10.6 Å². The molecule has 9 heteroatoms. The summed E-state index contributed by atoms with van der Waals surface area (Å²) in [6.07, 6.45) is 1.99. The van der Waals surface area contributed by atoms with Crippen LogP contribution in [-0.4, -0.2) is 46.9 Å². The van der Waals surface area contributed by atoms with Crippen molar-refractivity contribution in [1.29, 1.82) is 0 Å². The van der Waals surface area contributed by atoms with E-state index in [1.807, 2.05) is 6.92 Å². The van der Waals surface area contributed by atoms with Crippen molar-refractivity contribution in [1.82, 2.24) is 10.2 Å². The first-order chi connectivity index (χ1) is 14.1. The lowest BCUT2D eigenvalue weighted by molar-refractivity contribution is -0.155. The van der Waals surface area contributed by atoms with Crippen molar-refractivity contribution < 1.29 is 28.3 Å². The first-order valence-corrected chi connectivity index (χ1v) is 10.0. The highest BCUT2D eigenvalue weighted by Gasteiger charge is 2.55. The van der Waals surface area contributed by atoms with Gasteiger partial charge in [-0.3, -0.25) is 19.3 Å². The highest BCUT2D eigenvalue weighted by atomic mass is 19.1. The van der Waals surface area contributed by atoms with Gasteiger partial charge < -0.3 is 15.4 Å². The summed E-state index contributed by atoms with van der Waals surface area (Å²) in [4.78, 5) is 50.6. The van der Waals surface area contributed by atoms with Crippen molar-refractivity contribution in [3.63, 3.8) is 0 Å². The molecule has 1 heterocycles. The lowest BCUT2D eigenvalue weighted by atomic mass is 9.73. The molecule has 0 radical (unpaired) electrons. The number of carbonyl (C=O) groups is 4. The van der Waals surface area contributed by atoms with E-state index in [9.17, 15) is 23.6 Å². The van der Waals surface area contributed by atoms with Crippen molar-refractivity contribution in [2.45, 2.75) is 58.1 Å². The molecule has 1 aliphatic heterocycles. The van der Waals surface area contributed by atoms with Gasteiger partial charge in [0.2, 0.25) is 0 Å². The number of imide groups is 1. The Hall–Kier alpha value is -2.97. The van der Waals surface area contributed by atoms with Gasteiger partial charge in [-0.15, -0.1) is 0 Å². The summed E-state index contributed by atoms with van der Waals surface area (Å²) in [5.41, 5.74) is -0.298. The van der Waals surface area contributed by atoms with Gasteiger partial charge >= 0.3 is 12.0 Å². The van der Waals surface area contributed by atoms with E-state index >= 15 is 0 Å². The van der Waals surface area contributed by atoms with E-state index in [0.29, 0.717) is 12.0 Å². The van der Waals surface area contributed by atoms with Gasteiger partial charge in [-0.2, -0.15) is 0 Å². The molecule has 162 valence electrons. The number of ether oxygens (including phenoxy) is 1. The zero-order valence-electron chi connectivity index (χ0n) is 17.3. The maximum Gasteiger partial charge on any atom is 0.327 e. The molecule has 0 bridgehead atoms. The largest absolute Gasteiger partial charge is 0.451 e. The molecule has 1 spiro atoms. The van der Waals surface area contributed by atoms with Crippen LogP contribution in [0.4, 0.5) is 14.9 Å². The second kappa shape index (κ2) is 8.41. The third-order valence-corrected chi connectivity index (χ3v) is 5.91. The molecule has 8 nitrogen and oxygen atoms in total. The number of carbonyl (C=O) groups excluding carboxylic acids is 4. The van der Waals surface area contributed by atoms with Gasteiger partial charge in [-0.1, -0.05) is 25.8 Å². The standard InChI is InChI=1S/C21H26FN3O5/c1-12-7-8-15(10-16(12)22)23-18(27)14(3)30-17(26)11-25-19(28)21(24-20(25)29)9-5-4-6-13(21)2/h7-8,10,13-14H,4-6,9,11H2,1-3H3,(H,23,27)(H,24,29)/t13-,14-,21-/m0/s1. The van der Waals surface area contributed by atoms with Gasteiger partial charge in [0.1, 0.15) is 17.9 Å². The SMILES string of the molecule is Cc1ccc(NC(=O)[C@H](C)OC(=O)CN2C(=O)N[C@]3(CCCC[C@@H]3C)C2=O)cc1F. The van der Waals surface area contributed by atoms with Crippen LogP contribution < -0.4 is 10.6 Å². The summed E-state index contributed by atoms with van der Waals surface area (Å²) in [7, 11) is 0. The maximum absolute atomic E-state index is 13.6. The van der Waals surface area contributed by atoms with Crippen molar-refractivity contribution >= 4 is 29.5 Å². The van der Waals surface area contributed by atoms with Gasteiger partial charge in [-0.05, 0) is 50.3 Å². The average Bonchev–Trinajstić information content (AvgIpc) is 2.92. The van der Waals surface area contributed by atoms with Gasteiger partial charge in [0.05, 0.1) is 0 Å². The molecule has 2 fully saturated rings. The Morgan fingerprint density at radius 3 is 2.77 bits per heavy atom. The molecule has 3 rings (SSSR count). The quantitative estimate of drug-likeness (QED) is 0.564. The molecule has 1 aromatic carbocycles. The second-order valence-corrected chi connectivity index (χ2v) is 8.02. The Labute approximate surface area is 174 Å². The van der Waals surface area contributed by atoms with E-state index in [4.69, 9.17) is 4.74 Å². The number of aryl methyl sites for hydroxylation is 1. The smallest absolute Gasteiger partial charge is 0.327 e. The number of hydrogen-bond donors (Lipinski definition) is 2. The summed E-state index contributed by atoms with van der Waals surface area (Å²) < 4.78 is 18.7. The molecule has 1 aliphatic carbocycles. The summed E-state index contributed by atoms with van der Waals surface area (Å²) in [6.45, 7) is 4.29. The molecule has 4 amide bonds. The Bertz CT molecular complexity index is 889. The van der Waals surface area contributed by atoms with Crippen molar-refractivity contribution in [2.24, 2.45) is 5.92 Å². The second-order valence-electron chi connectivity index (χ2n) is 8.02. The molecule has 2 aliphatic rings. The summed E-state index contributed by atoms with van der Waals surface area (Å²) in [5, 5.41) is 5.22. The minimum absolute atomic E-state index is 0.0247. The Kier molecular flexibility index (Phi) is 6.09. The zero-order valence-corrected chi connectivity index (χ0v) is 17.3. The molecule has 1 saturated carbocycles. The monoisotopic (exact) mass is 419 g/mol. The number of nitrogens with zero attached hydrogens (tertiary/aromatic N) is 1. The third kappa shape index (κ3) is 4.15. The minimum Gasteiger partial charge on any atom is -0.451 e. The van der Waals surface area contributed by atoms with Crippen molar-refractivity contribution in [3.8, 4) is 0 Å².